The molecule has 0 bridgehead atoms. The highest BCUT2D eigenvalue weighted by Crippen LogP contribution is 2.33. The van der Waals surface area contributed by atoms with Crippen molar-refractivity contribution in [2.24, 2.45) is 0 Å². The van der Waals surface area contributed by atoms with Crippen LogP contribution >= 0.6 is 0 Å². The summed E-state index contributed by atoms with van der Waals surface area (Å²) in [5.74, 6) is 1.32. The molecule has 7 nitrogen and oxygen atoms in total. The van der Waals surface area contributed by atoms with Gasteiger partial charge in [0, 0.05) is 11.6 Å². The first-order chi connectivity index (χ1) is 13.7. The fourth-order valence-corrected chi connectivity index (χ4v) is 3.14. The average molecular weight is 379 g/mol. The second-order valence-corrected chi connectivity index (χ2v) is 6.52. The third-order valence-electron chi connectivity index (χ3n) is 4.51. The van der Waals surface area contributed by atoms with Gasteiger partial charge in [-0.1, -0.05) is 42.5 Å². The number of hydrogen-bond acceptors (Lipinski definition) is 5. The fourth-order valence-electron chi connectivity index (χ4n) is 3.14. The Hall–Kier alpha value is -3.32. The number of aliphatic hydroxyl groups is 1. The molecule has 7 heteroatoms. The lowest BCUT2D eigenvalue weighted by molar-refractivity contribution is -0.128. The van der Waals surface area contributed by atoms with Crippen molar-refractivity contribution in [2.75, 3.05) is 11.9 Å². The molecular weight excluding hydrogens is 358 g/mol. The zero-order valence-electron chi connectivity index (χ0n) is 15.4. The van der Waals surface area contributed by atoms with Crippen molar-refractivity contribution in [3.8, 4) is 22.8 Å². The number of hydrogen-bond donors (Lipinski definition) is 2. The monoisotopic (exact) mass is 379 g/mol. The summed E-state index contributed by atoms with van der Waals surface area (Å²) in [6, 6.07) is 18.7. The molecule has 144 valence electrons. The van der Waals surface area contributed by atoms with E-state index < -0.39 is 12.2 Å². The zero-order valence-corrected chi connectivity index (χ0v) is 15.4. The molecule has 0 aliphatic carbocycles. The van der Waals surface area contributed by atoms with Crippen LogP contribution in [0.3, 0.4) is 0 Å². The molecule has 0 radical (unpaired) electrons. The van der Waals surface area contributed by atoms with Gasteiger partial charge in [0.15, 0.2) is 11.5 Å². The number of aliphatic hydroxyl groups excluding tert-OH is 1. The van der Waals surface area contributed by atoms with Gasteiger partial charge in [-0.2, -0.15) is 5.10 Å². The van der Waals surface area contributed by atoms with Gasteiger partial charge in [-0.3, -0.25) is 4.79 Å². The predicted molar refractivity (Wildman–Crippen MR) is 104 cm³/mol. The number of amides is 1. The Kier molecular flexibility index (Phi) is 4.99. The number of ether oxygens (including phenoxy) is 2. The van der Waals surface area contributed by atoms with Crippen molar-refractivity contribution in [3.05, 3.63) is 60.7 Å². The second-order valence-electron chi connectivity index (χ2n) is 6.52. The van der Waals surface area contributed by atoms with Crippen LogP contribution in [0.4, 0.5) is 5.82 Å². The molecule has 2 heterocycles. The first kappa shape index (κ1) is 18.1. The Morgan fingerprint density at radius 2 is 1.79 bits per heavy atom. The lowest BCUT2D eigenvalue weighted by atomic mass is 10.1. The standard InChI is InChI=1S/C21H21N3O4/c1-14-20(28-18-10-6-5-9-17(18)27-14)21(26)22-19-13-16(23-24(19)11-12-25)15-7-3-2-4-8-15/h2-10,13-14,20,25H,11-12H2,1H3,(H,22,26)/t14-,20+/m0/s1. The number of anilines is 1. The van der Waals surface area contributed by atoms with Crippen molar-refractivity contribution in [1.82, 2.24) is 9.78 Å². The van der Waals surface area contributed by atoms with Crippen molar-refractivity contribution in [1.29, 1.82) is 0 Å². The van der Waals surface area contributed by atoms with Gasteiger partial charge in [-0.25, -0.2) is 4.68 Å². The minimum atomic E-state index is -0.799. The molecule has 0 spiro atoms. The molecule has 3 aromatic rings. The third-order valence-corrected chi connectivity index (χ3v) is 4.51. The Labute approximate surface area is 162 Å². The van der Waals surface area contributed by atoms with Crippen LogP contribution in [-0.4, -0.2) is 39.6 Å². The maximum absolute atomic E-state index is 12.9. The number of carbonyl (C=O) groups is 1. The number of fused-ring (bicyclic) bond motifs is 1. The van der Waals surface area contributed by atoms with Gasteiger partial charge in [0.05, 0.1) is 18.8 Å². The first-order valence-electron chi connectivity index (χ1n) is 9.13. The molecule has 0 saturated heterocycles. The highest BCUT2D eigenvalue weighted by molar-refractivity contribution is 5.94. The maximum atomic E-state index is 12.9. The van der Waals surface area contributed by atoms with Crippen LogP contribution in [0.15, 0.2) is 60.7 Å². The third kappa shape index (κ3) is 3.57. The van der Waals surface area contributed by atoms with Gasteiger partial charge in [0.25, 0.3) is 5.91 Å². The molecule has 0 unspecified atom stereocenters. The lowest BCUT2D eigenvalue weighted by Gasteiger charge is -2.30. The van der Waals surface area contributed by atoms with Crippen LogP contribution in [0.2, 0.25) is 0 Å². The molecule has 2 N–H and O–H groups in total. The summed E-state index contributed by atoms with van der Waals surface area (Å²) in [6.45, 7) is 1.97. The van der Waals surface area contributed by atoms with E-state index in [1.165, 1.54) is 0 Å². The van der Waals surface area contributed by atoms with Crippen LogP contribution in [0.25, 0.3) is 11.3 Å². The number of benzene rings is 2. The van der Waals surface area contributed by atoms with Gasteiger partial charge in [-0.05, 0) is 19.1 Å². The predicted octanol–water partition coefficient (Wildman–Crippen LogP) is 2.71. The summed E-state index contributed by atoms with van der Waals surface area (Å²) in [4.78, 5) is 12.9. The van der Waals surface area contributed by atoms with Gasteiger partial charge in [0.2, 0.25) is 6.10 Å². The molecule has 1 aromatic heterocycles. The minimum absolute atomic E-state index is 0.0917. The van der Waals surface area contributed by atoms with Crippen molar-refractivity contribution in [3.63, 3.8) is 0 Å². The normalized spacial score (nSPS) is 17.9. The van der Waals surface area contributed by atoms with Gasteiger partial charge < -0.3 is 19.9 Å². The summed E-state index contributed by atoms with van der Waals surface area (Å²) >= 11 is 0. The van der Waals surface area contributed by atoms with Crippen LogP contribution in [0.5, 0.6) is 11.5 Å². The number of aromatic nitrogens is 2. The highest BCUT2D eigenvalue weighted by Gasteiger charge is 2.34. The quantitative estimate of drug-likeness (QED) is 0.712. The number of para-hydroxylation sites is 2. The maximum Gasteiger partial charge on any atom is 0.270 e. The van der Waals surface area contributed by atoms with Gasteiger partial charge >= 0.3 is 0 Å². The van der Waals surface area contributed by atoms with E-state index >= 15 is 0 Å². The average Bonchev–Trinajstić information content (AvgIpc) is 3.11. The lowest BCUT2D eigenvalue weighted by Crippen LogP contribution is -2.46. The number of nitrogens with one attached hydrogen (secondary N) is 1. The number of carbonyl (C=O) groups excluding carboxylic acids is 1. The van der Waals surface area contributed by atoms with Crippen molar-refractivity contribution < 1.29 is 19.4 Å². The smallest absolute Gasteiger partial charge is 0.270 e. The van der Waals surface area contributed by atoms with E-state index in [1.54, 1.807) is 23.7 Å². The number of nitrogens with zero attached hydrogens (tertiary/aromatic N) is 2. The molecule has 2 atom stereocenters. The summed E-state index contributed by atoms with van der Waals surface area (Å²) in [7, 11) is 0. The minimum Gasteiger partial charge on any atom is -0.482 e. The van der Waals surface area contributed by atoms with Crippen LogP contribution in [0.1, 0.15) is 6.92 Å². The molecule has 2 aromatic carbocycles. The Morgan fingerprint density at radius 3 is 2.50 bits per heavy atom. The van der Waals surface area contributed by atoms with E-state index in [1.807, 2.05) is 48.5 Å². The largest absolute Gasteiger partial charge is 0.482 e. The van der Waals surface area contributed by atoms with Crippen molar-refractivity contribution in [2.45, 2.75) is 25.7 Å². The van der Waals surface area contributed by atoms with E-state index in [4.69, 9.17) is 9.47 Å². The highest BCUT2D eigenvalue weighted by atomic mass is 16.6. The molecular formula is C21H21N3O4. The Morgan fingerprint density at radius 1 is 1.11 bits per heavy atom. The van der Waals surface area contributed by atoms with E-state index in [9.17, 15) is 9.90 Å². The topological polar surface area (TPSA) is 85.6 Å². The summed E-state index contributed by atoms with van der Waals surface area (Å²) in [5, 5.41) is 16.7. The summed E-state index contributed by atoms with van der Waals surface area (Å²) < 4.78 is 13.2. The van der Waals surface area contributed by atoms with E-state index in [2.05, 4.69) is 10.4 Å². The Balaban J connectivity index is 1.56. The zero-order chi connectivity index (χ0) is 19.5. The van der Waals surface area contributed by atoms with Gasteiger partial charge in [0.1, 0.15) is 11.9 Å². The van der Waals surface area contributed by atoms with Crippen LogP contribution in [0, 0.1) is 0 Å². The summed E-state index contributed by atoms with van der Waals surface area (Å²) in [6.07, 6.45) is -1.25. The summed E-state index contributed by atoms with van der Waals surface area (Å²) in [5.41, 5.74) is 1.64. The Bertz CT molecular complexity index is 971. The molecule has 1 aliphatic rings. The fraction of sp³-hybridized carbons (Fsp3) is 0.238. The molecule has 28 heavy (non-hydrogen) atoms. The van der Waals surface area contributed by atoms with E-state index in [-0.39, 0.29) is 19.1 Å². The SMILES string of the molecule is C[C@@H]1Oc2ccccc2O[C@H]1C(=O)Nc1cc(-c2ccccc2)nn1CCO. The van der Waals surface area contributed by atoms with E-state index in [0.717, 1.165) is 5.56 Å². The van der Waals surface area contributed by atoms with Crippen LogP contribution < -0.4 is 14.8 Å². The second kappa shape index (κ2) is 7.74. The van der Waals surface area contributed by atoms with E-state index in [0.29, 0.717) is 23.0 Å². The first-order valence-corrected chi connectivity index (χ1v) is 9.13. The molecule has 0 fully saturated rings. The molecule has 1 amide bonds. The molecule has 0 saturated carbocycles. The van der Waals surface area contributed by atoms with Gasteiger partial charge in [-0.15, -0.1) is 0 Å². The number of rotatable bonds is 5. The van der Waals surface area contributed by atoms with Crippen molar-refractivity contribution >= 4 is 11.7 Å². The van der Waals surface area contributed by atoms with Crippen LogP contribution in [-0.2, 0) is 11.3 Å². The molecule has 4 rings (SSSR count). The molecule has 1 aliphatic heterocycles.